The van der Waals surface area contributed by atoms with E-state index in [-0.39, 0.29) is 0 Å². The average Bonchev–Trinajstić information content (AvgIpc) is 3.49. The number of aliphatic imine (C=N–C) groups is 1. The number of nitrogens with one attached hydrogen (secondary N) is 1. The lowest BCUT2D eigenvalue weighted by molar-refractivity contribution is 0.297. The number of para-hydroxylation sites is 1. The van der Waals surface area contributed by atoms with Crippen LogP contribution in [-0.2, 0) is 6.54 Å². The third-order valence-electron chi connectivity index (χ3n) is 4.23. The van der Waals surface area contributed by atoms with Gasteiger partial charge in [-0.15, -0.1) is 0 Å². The molecule has 0 bridgehead atoms. The van der Waals surface area contributed by atoms with Gasteiger partial charge in [-0.2, -0.15) is 0 Å². The number of hydrogen-bond donors (Lipinski definition) is 2. The van der Waals surface area contributed by atoms with Crippen molar-refractivity contribution >= 4 is 11.6 Å². The van der Waals surface area contributed by atoms with Crippen molar-refractivity contribution < 1.29 is 14.2 Å². The topological polar surface area (TPSA) is 78.1 Å². The smallest absolute Gasteiger partial charge is 0.193 e. The molecule has 0 spiro atoms. The van der Waals surface area contributed by atoms with E-state index in [0.29, 0.717) is 35.6 Å². The van der Waals surface area contributed by atoms with Crippen LogP contribution in [0.5, 0.6) is 17.2 Å². The van der Waals surface area contributed by atoms with Crippen LogP contribution in [0.25, 0.3) is 0 Å². The van der Waals surface area contributed by atoms with Crippen molar-refractivity contribution in [1.82, 2.24) is 0 Å². The Balaban J connectivity index is 1.67. The first-order valence-corrected chi connectivity index (χ1v) is 8.69. The number of benzene rings is 2. The fourth-order valence-electron chi connectivity index (χ4n) is 2.53. The molecule has 1 fully saturated rings. The number of nitrogens with two attached hydrogens (primary N) is 1. The third kappa shape index (κ3) is 4.81. The quantitative estimate of drug-likeness (QED) is 0.560. The van der Waals surface area contributed by atoms with Gasteiger partial charge in [0.05, 0.1) is 33.1 Å². The van der Waals surface area contributed by atoms with Crippen molar-refractivity contribution in [1.29, 1.82) is 0 Å². The van der Waals surface area contributed by atoms with E-state index in [4.69, 9.17) is 19.9 Å². The summed E-state index contributed by atoms with van der Waals surface area (Å²) in [6, 6.07) is 13.4. The van der Waals surface area contributed by atoms with Gasteiger partial charge in [0, 0.05) is 11.6 Å². The minimum absolute atomic E-state index is 0.300. The molecule has 0 aliphatic heterocycles. The molecule has 0 amide bonds. The van der Waals surface area contributed by atoms with Gasteiger partial charge in [0.15, 0.2) is 5.96 Å². The Labute approximate surface area is 154 Å². The molecular weight excluding hydrogens is 330 g/mol. The second-order valence-corrected chi connectivity index (χ2v) is 6.25. The maximum absolute atomic E-state index is 6.05. The van der Waals surface area contributed by atoms with E-state index < -0.39 is 0 Å². The largest absolute Gasteiger partial charge is 0.497 e. The van der Waals surface area contributed by atoms with E-state index in [1.54, 1.807) is 14.2 Å². The van der Waals surface area contributed by atoms with Crippen molar-refractivity contribution in [3.8, 4) is 17.2 Å². The lowest BCUT2D eigenvalue weighted by atomic mass is 10.2. The van der Waals surface area contributed by atoms with Gasteiger partial charge in [-0.05, 0) is 37.0 Å². The van der Waals surface area contributed by atoms with Gasteiger partial charge in [0.2, 0.25) is 0 Å². The molecule has 1 saturated carbocycles. The Morgan fingerprint density at radius 1 is 1.12 bits per heavy atom. The van der Waals surface area contributed by atoms with E-state index in [0.717, 1.165) is 17.9 Å². The highest BCUT2D eigenvalue weighted by Crippen LogP contribution is 2.31. The maximum Gasteiger partial charge on any atom is 0.193 e. The van der Waals surface area contributed by atoms with Crippen LogP contribution < -0.4 is 25.3 Å². The lowest BCUT2D eigenvalue weighted by Gasteiger charge is -2.13. The molecule has 26 heavy (non-hydrogen) atoms. The summed E-state index contributed by atoms with van der Waals surface area (Å²) in [5.41, 5.74) is 7.76. The number of nitrogens with zero attached hydrogens (tertiary/aromatic N) is 1. The van der Waals surface area contributed by atoms with Gasteiger partial charge in [0.25, 0.3) is 0 Å². The maximum atomic E-state index is 6.05. The van der Waals surface area contributed by atoms with E-state index in [1.807, 2.05) is 42.5 Å². The van der Waals surface area contributed by atoms with Crippen molar-refractivity contribution in [2.45, 2.75) is 19.4 Å². The molecule has 138 valence electrons. The minimum Gasteiger partial charge on any atom is -0.497 e. The van der Waals surface area contributed by atoms with Crippen molar-refractivity contribution in [3.63, 3.8) is 0 Å². The molecule has 3 rings (SSSR count). The first-order chi connectivity index (χ1) is 12.7. The second kappa shape index (κ2) is 8.47. The van der Waals surface area contributed by atoms with E-state index in [1.165, 1.54) is 12.8 Å². The summed E-state index contributed by atoms with van der Waals surface area (Å²) in [6.07, 6.45) is 2.53. The zero-order valence-corrected chi connectivity index (χ0v) is 15.2. The van der Waals surface area contributed by atoms with Gasteiger partial charge in [0.1, 0.15) is 17.2 Å². The number of anilines is 1. The van der Waals surface area contributed by atoms with Gasteiger partial charge < -0.3 is 25.3 Å². The van der Waals surface area contributed by atoms with E-state index in [2.05, 4.69) is 10.3 Å². The fraction of sp³-hybridized carbons (Fsp3) is 0.350. The molecule has 6 nitrogen and oxygen atoms in total. The summed E-state index contributed by atoms with van der Waals surface area (Å²) in [5, 5.41) is 3.07. The monoisotopic (exact) mass is 355 g/mol. The van der Waals surface area contributed by atoms with E-state index >= 15 is 0 Å². The Hall–Kier alpha value is -2.89. The van der Waals surface area contributed by atoms with Crippen molar-refractivity contribution in [2.75, 3.05) is 26.1 Å². The Bertz CT molecular complexity index is 773. The van der Waals surface area contributed by atoms with Crippen LogP contribution in [0.1, 0.15) is 18.4 Å². The third-order valence-corrected chi connectivity index (χ3v) is 4.23. The highest BCUT2D eigenvalue weighted by atomic mass is 16.5. The first-order valence-electron chi connectivity index (χ1n) is 8.69. The predicted octanol–water partition coefficient (Wildman–Crippen LogP) is 3.42. The lowest BCUT2D eigenvalue weighted by Crippen LogP contribution is -2.23. The number of ether oxygens (including phenoxy) is 3. The normalized spacial score (nSPS) is 14.0. The van der Waals surface area contributed by atoms with Crippen molar-refractivity contribution in [3.05, 3.63) is 48.0 Å². The summed E-state index contributed by atoms with van der Waals surface area (Å²) in [6.45, 7) is 1.21. The summed E-state index contributed by atoms with van der Waals surface area (Å²) in [4.78, 5) is 4.43. The molecule has 2 aromatic carbocycles. The van der Waals surface area contributed by atoms with Crippen LogP contribution in [0.2, 0.25) is 0 Å². The Morgan fingerprint density at radius 2 is 1.92 bits per heavy atom. The minimum atomic E-state index is 0.300. The zero-order valence-electron chi connectivity index (χ0n) is 15.2. The number of guanidine groups is 1. The van der Waals surface area contributed by atoms with Gasteiger partial charge in [-0.3, -0.25) is 0 Å². The van der Waals surface area contributed by atoms with Crippen LogP contribution in [0.4, 0.5) is 5.69 Å². The fourth-order valence-corrected chi connectivity index (χ4v) is 2.53. The molecule has 0 aromatic heterocycles. The van der Waals surface area contributed by atoms with Crippen molar-refractivity contribution in [2.24, 2.45) is 16.6 Å². The summed E-state index contributed by atoms with van der Waals surface area (Å²) in [7, 11) is 3.22. The molecule has 3 N–H and O–H groups in total. The van der Waals surface area contributed by atoms with E-state index in [9.17, 15) is 0 Å². The van der Waals surface area contributed by atoms with Crippen LogP contribution in [0.15, 0.2) is 47.5 Å². The molecular formula is C20H25N3O3. The molecule has 0 unspecified atom stereocenters. The first kappa shape index (κ1) is 17.9. The summed E-state index contributed by atoms with van der Waals surface area (Å²) in [5.74, 6) is 3.25. The van der Waals surface area contributed by atoms with Gasteiger partial charge in [-0.1, -0.05) is 18.2 Å². The molecule has 1 aliphatic rings. The predicted molar refractivity (Wildman–Crippen MR) is 103 cm³/mol. The van der Waals surface area contributed by atoms with Crippen LogP contribution in [0.3, 0.4) is 0 Å². The summed E-state index contributed by atoms with van der Waals surface area (Å²) >= 11 is 0. The highest BCUT2D eigenvalue weighted by Gasteiger charge is 2.22. The molecule has 1 aliphatic carbocycles. The summed E-state index contributed by atoms with van der Waals surface area (Å²) < 4.78 is 16.5. The standard InChI is InChI=1S/C20H25N3O3/c1-24-16-9-10-19(25-2)17(11-16)23-20(21)22-12-15-5-3-4-6-18(15)26-13-14-7-8-14/h3-6,9-11,14H,7-8,12-13H2,1-2H3,(H3,21,22,23). The molecule has 0 radical (unpaired) electrons. The van der Waals surface area contributed by atoms with Crippen LogP contribution in [0, 0.1) is 5.92 Å². The molecule has 0 saturated heterocycles. The number of rotatable bonds is 8. The molecule has 2 aromatic rings. The molecule has 6 heteroatoms. The second-order valence-electron chi connectivity index (χ2n) is 6.25. The highest BCUT2D eigenvalue weighted by molar-refractivity contribution is 5.94. The van der Waals surface area contributed by atoms with Gasteiger partial charge in [-0.25, -0.2) is 4.99 Å². The van der Waals surface area contributed by atoms with Crippen LogP contribution >= 0.6 is 0 Å². The average molecular weight is 355 g/mol. The zero-order chi connectivity index (χ0) is 18.4. The number of hydrogen-bond acceptors (Lipinski definition) is 4. The number of methoxy groups -OCH3 is 2. The Morgan fingerprint density at radius 3 is 2.65 bits per heavy atom. The molecule has 0 atom stereocenters. The van der Waals surface area contributed by atoms with Crippen LogP contribution in [-0.4, -0.2) is 26.8 Å². The molecule has 0 heterocycles. The SMILES string of the molecule is COc1ccc(OC)c(NC(N)=NCc2ccccc2OCC2CC2)c1. The Kier molecular flexibility index (Phi) is 5.84. The van der Waals surface area contributed by atoms with Gasteiger partial charge >= 0.3 is 0 Å².